The molecule has 7 nitrogen and oxygen atoms in total. The summed E-state index contributed by atoms with van der Waals surface area (Å²) in [6, 6.07) is 5.44. The van der Waals surface area contributed by atoms with Crippen molar-refractivity contribution in [2.45, 2.75) is 13.3 Å². The van der Waals surface area contributed by atoms with Crippen LogP contribution in [0, 0.1) is 6.92 Å². The van der Waals surface area contributed by atoms with Gasteiger partial charge in [-0.1, -0.05) is 11.2 Å². The van der Waals surface area contributed by atoms with Crippen molar-refractivity contribution in [3.8, 4) is 0 Å². The minimum absolute atomic E-state index is 0.0830. The SMILES string of the molecule is Cc1cc(NC(=O)CCN2CCN(C(=O)c3cccs3)CC2)no1. The summed E-state index contributed by atoms with van der Waals surface area (Å²) < 4.78 is 4.91. The second-order valence-corrected chi connectivity index (χ2v) is 6.68. The maximum atomic E-state index is 12.3. The molecule has 2 aromatic rings. The molecule has 3 heterocycles. The smallest absolute Gasteiger partial charge is 0.264 e. The first-order valence-electron chi connectivity index (χ1n) is 7.90. The molecule has 0 unspecified atom stereocenters. The molecule has 3 rings (SSSR count). The molecule has 8 heteroatoms. The number of nitrogens with zero attached hydrogens (tertiary/aromatic N) is 3. The Hall–Kier alpha value is -2.19. The summed E-state index contributed by atoms with van der Waals surface area (Å²) in [4.78, 5) is 29.0. The maximum Gasteiger partial charge on any atom is 0.264 e. The zero-order valence-electron chi connectivity index (χ0n) is 13.5. The number of anilines is 1. The van der Waals surface area contributed by atoms with E-state index in [1.165, 1.54) is 11.3 Å². The molecule has 24 heavy (non-hydrogen) atoms. The van der Waals surface area contributed by atoms with E-state index < -0.39 is 0 Å². The van der Waals surface area contributed by atoms with Crippen LogP contribution in [-0.2, 0) is 4.79 Å². The average molecular weight is 348 g/mol. The fourth-order valence-electron chi connectivity index (χ4n) is 2.62. The normalized spacial score (nSPS) is 15.5. The molecule has 2 amide bonds. The molecule has 0 aromatic carbocycles. The van der Waals surface area contributed by atoms with Crippen LogP contribution in [0.4, 0.5) is 5.82 Å². The number of amides is 2. The van der Waals surface area contributed by atoms with Crippen LogP contribution in [0.1, 0.15) is 21.9 Å². The van der Waals surface area contributed by atoms with Gasteiger partial charge in [0, 0.05) is 45.2 Å². The first-order chi connectivity index (χ1) is 11.6. The summed E-state index contributed by atoms with van der Waals surface area (Å²) in [5.74, 6) is 1.13. The molecule has 1 fully saturated rings. The summed E-state index contributed by atoms with van der Waals surface area (Å²) in [7, 11) is 0. The van der Waals surface area contributed by atoms with E-state index in [2.05, 4.69) is 15.4 Å². The number of thiophene rings is 1. The molecule has 0 saturated carbocycles. The van der Waals surface area contributed by atoms with Gasteiger partial charge in [-0.25, -0.2) is 0 Å². The highest BCUT2D eigenvalue weighted by Gasteiger charge is 2.22. The fourth-order valence-corrected chi connectivity index (χ4v) is 3.31. The van der Waals surface area contributed by atoms with Gasteiger partial charge in [0.05, 0.1) is 4.88 Å². The largest absolute Gasteiger partial charge is 0.360 e. The minimum Gasteiger partial charge on any atom is -0.360 e. The van der Waals surface area contributed by atoms with Crippen LogP contribution in [0.25, 0.3) is 0 Å². The fraction of sp³-hybridized carbons (Fsp3) is 0.438. The Morgan fingerprint density at radius 3 is 2.75 bits per heavy atom. The zero-order valence-corrected chi connectivity index (χ0v) is 14.3. The second-order valence-electron chi connectivity index (χ2n) is 5.73. The van der Waals surface area contributed by atoms with Crippen molar-refractivity contribution in [3.63, 3.8) is 0 Å². The quantitative estimate of drug-likeness (QED) is 0.892. The van der Waals surface area contributed by atoms with E-state index in [0.29, 0.717) is 37.6 Å². The Morgan fingerprint density at radius 2 is 2.12 bits per heavy atom. The molecule has 1 saturated heterocycles. The van der Waals surface area contributed by atoms with Crippen molar-refractivity contribution in [2.75, 3.05) is 38.0 Å². The monoisotopic (exact) mass is 348 g/mol. The van der Waals surface area contributed by atoms with E-state index >= 15 is 0 Å². The van der Waals surface area contributed by atoms with Crippen LogP contribution >= 0.6 is 11.3 Å². The third-order valence-corrected chi connectivity index (χ3v) is 4.80. The van der Waals surface area contributed by atoms with Gasteiger partial charge >= 0.3 is 0 Å². The zero-order chi connectivity index (χ0) is 16.9. The summed E-state index contributed by atoms with van der Waals surface area (Å²) in [6.07, 6.45) is 0.394. The van der Waals surface area contributed by atoms with Crippen molar-refractivity contribution < 1.29 is 14.1 Å². The molecule has 2 aromatic heterocycles. The van der Waals surface area contributed by atoms with Crippen LogP contribution < -0.4 is 5.32 Å². The minimum atomic E-state index is -0.0830. The molecule has 0 bridgehead atoms. The number of carbonyl (C=O) groups is 2. The van der Waals surface area contributed by atoms with Crippen molar-refractivity contribution in [2.24, 2.45) is 0 Å². The lowest BCUT2D eigenvalue weighted by Crippen LogP contribution is -2.49. The number of aryl methyl sites for hydroxylation is 1. The van der Waals surface area contributed by atoms with E-state index in [1.807, 2.05) is 22.4 Å². The van der Waals surface area contributed by atoms with E-state index in [0.717, 1.165) is 18.0 Å². The van der Waals surface area contributed by atoms with E-state index in [1.54, 1.807) is 13.0 Å². The Bertz CT molecular complexity index is 690. The topological polar surface area (TPSA) is 78.7 Å². The van der Waals surface area contributed by atoms with Crippen molar-refractivity contribution in [3.05, 3.63) is 34.2 Å². The lowest BCUT2D eigenvalue weighted by molar-refractivity contribution is -0.116. The van der Waals surface area contributed by atoms with Crippen LogP contribution in [0.3, 0.4) is 0 Å². The molecule has 128 valence electrons. The number of rotatable bonds is 5. The molecule has 0 radical (unpaired) electrons. The summed E-state index contributed by atoms with van der Waals surface area (Å²) in [6.45, 7) is 5.41. The van der Waals surface area contributed by atoms with Gasteiger partial charge in [-0.15, -0.1) is 11.3 Å². The van der Waals surface area contributed by atoms with Gasteiger partial charge in [-0.05, 0) is 18.4 Å². The van der Waals surface area contributed by atoms with Gasteiger partial charge in [-0.3, -0.25) is 14.5 Å². The molecular weight excluding hydrogens is 328 g/mol. The van der Waals surface area contributed by atoms with Crippen LogP contribution in [0.2, 0.25) is 0 Å². The highest BCUT2D eigenvalue weighted by atomic mass is 32.1. The second kappa shape index (κ2) is 7.59. The van der Waals surface area contributed by atoms with Crippen LogP contribution in [0.5, 0.6) is 0 Å². The average Bonchev–Trinajstić information content (AvgIpc) is 3.25. The van der Waals surface area contributed by atoms with Crippen LogP contribution in [0.15, 0.2) is 28.1 Å². The van der Waals surface area contributed by atoms with Crippen molar-refractivity contribution in [1.82, 2.24) is 15.0 Å². The van der Waals surface area contributed by atoms with Gasteiger partial charge in [0.15, 0.2) is 5.82 Å². The first-order valence-corrected chi connectivity index (χ1v) is 8.78. The number of hydrogen-bond acceptors (Lipinski definition) is 6. The summed E-state index contributed by atoms with van der Waals surface area (Å²) in [5, 5.41) is 8.37. The third-order valence-electron chi connectivity index (χ3n) is 3.94. The van der Waals surface area contributed by atoms with E-state index in [4.69, 9.17) is 4.52 Å². The predicted octanol–water partition coefficient (Wildman–Crippen LogP) is 1.83. The van der Waals surface area contributed by atoms with Crippen LogP contribution in [-0.4, -0.2) is 59.5 Å². The number of carbonyl (C=O) groups excluding carboxylic acids is 2. The summed E-state index contributed by atoms with van der Waals surface area (Å²) in [5.41, 5.74) is 0. The van der Waals surface area contributed by atoms with Gasteiger partial charge in [0.1, 0.15) is 5.76 Å². The third kappa shape index (κ3) is 4.21. The van der Waals surface area contributed by atoms with E-state index in [-0.39, 0.29) is 11.8 Å². The van der Waals surface area contributed by atoms with E-state index in [9.17, 15) is 9.59 Å². The molecule has 0 atom stereocenters. The highest BCUT2D eigenvalue weighted by molar-refractivity contribution is 7.12. The van der Waals surface area contributed by atoms with Crippen molar-refractivity contribution in [1.29, 1.82) is 0 Å². The number of aromatic nitrogens is 1. The lowest BCUT2D eigenvalue weighted by Gasteiger charge is -2.34. The molecule has 1 aliphatic heterocycles. The Labute approximate surface area is 144 Å². The molecule has 0 spiro atoms. The Balaban J connectivity index is 1.39. The Morgan fingerprint density at radius 1 is 1.33 bits per heavy atom. The standard InChI is InChI=1S/C16H20N4O3S/c1-12-11-14(18-23-12)17-15(21)4-5-19-6-8-20(9-7-19)16(22)13-3-2-10-24-13/h2-3,10-11H,4-9H2,1H3,(H,17,18,21). The van der Waals surface area contributed by atoms with Gasteiger partial charge in [0.2, 0.25) is 5.91 Å². The molecule has 1 aliphatic rings. The van der Waals surface area contributed by atoms with Gasteiger partial charge in [-0.2, -0.15) is 0 Å². The highest BCUT2D eigenvalue weighted by Crippen LogP contribution is 2.14. The number of piperazine rings is 1. The summed E-state index contributed by atoms with van der Waals surface area (Å²) >= 11 is 1.47. The first kappa shape index (κ1) is 16.7. The lowest BCUT2D eigenvalue weighted by atomic mass is 10.2. The Kier molecular flexibility index (Phi) is 5.27. The molecular formula is C16H20N4O3S. The van der Waals surface area contributed by atoms with Crippen molar-refractivity contribution >= 4 is 29.0 Å². The predicted molar refractivity (Wildman–Crippen MR) is 91.1 cm³/mol. The number of hydrogen-bond donors (Lipinski definition) is 1. The van der Waals surface area contributed by atoms with Gasteiger partial charge < -0.3 is 14.7 Å². The molecule has 1 N–H and O–H groups in total. The van der Waals surface area contributed by atoms with Gasteiger partial charge in [0.25, 0.3) is 5.91 Å². The maximum absolute atomic E-state index is 12.3. The number of nitrogens with one attached hydrogen (secondary N) is 1. The molecule has 0 aliphatic carbocycles.